The quantitative estimate of drug-likeness (QED) is 0.871. The summed E-state index contributed by atoms with van der Waals surface area (Å²) in [4.78, 5) is 2.55. The van der Waals surface area contributed by atoms with Gasteiger partial charge in [0.25, 0.3) is 0 Å². The number of hydrogen-bond donors (Lipinski definition) is 1. The van der Waals surface area contributed by atoms with Gasteiger partial charge in [0.05, 0.1) is 6.61 Å². The van der Waals surface area contributed by atoms with Gasteiger partial charge in [0.2, 0.25) is 0 Å². The Morgan fingerprint density at radius 2 is 1.88 bits per heavy atom. The predicted octanol–water partition coefficient (Wildman–Crippen LogP) is 3.60. The molecule has 0 spiro atoms. The molecule has 0 saturated carbocycles. The van der Waals surface area contributed by atoms with Crippen LogP contribution in [0.2, 0.25) is 0 Å². The average molecular weight is 233 g/mol. The summed E-state index contributed by atoms with van der Waals surface area (Å²) in [6.07, 6.45) is 0. The van der Waals surface area contributed by atoms with Gasteiger partial charge in [-0.2, -0.15) is 0 Å². The Hall–Kier alpha value is -1.32. The molecule has 0 aliphatic heterocycles. The van der Waals surface area contributed by atoms with Gasteiger partial charge in [0, 0.05) is 29.6 Å². The Bertz CT molecular complexity index is 447. The Kier molecular flexibility index (Phi) is 3.59. The van der Waals surface area contributed by atoms with E-state index in [0.717, 1.165) is 5.69 Å². The summed E-state index contributed by atoms with van der Waals surface area (Å²) in [6.45, 7) is 0.694. The van der Waals surface area contributed by atoms with Gasteiger partial charge in [-0.25, -0.2) is 0 Å². The second kappa shape index (κ2) is 5.14. The predicted molar refractivity (Wildman–Crippen MR) is 70.0 cm³/mol. The number of rotatable bonds is 4. The fourth-order valence-electron chi connectivity index (χ4n) is 1.55. The summed E-state index contributed by atoms with van der Waals surface area (Å²) in [5.74, 6) is 0. The number of ether oxygens (including phenoxy) is 1. The first-order valence-corrected chi connectivity index (χ1v) is 6.01. The largest absolute Gasteiger partial charge is 0.388 e. The lowest BCUT2D eigenvalue weighted by atomic mass is 10.2. The van der Waals surface area contributed by atoms with Crippen molar-refractivity contribution < 1.29 is 4.74 Å². The molecule has 0 amide bonds. The Labute approximate surface area is 99.9 Å². The Balaban J connectivity index is 2.21. The second-order valence-electron chi connectivity index (χ2n) is 3.53. The van der Waals surface area contributed by atoms with Gasteiger partial charge in [-0.15, -0.1) is 11.3 Å². The van der Waals surface area contributed by atoms with Gasteiger partial charge >= 0.3 is 0 Å². The normalized spacial score (nSPS) is 10.4. The zero-order valence-corrected chi connectivity index (χ0v) is 10.3. The van der Waals surface area contributed by atoms with Crippen molar-refractivity contribution in [3.8, 4) is 10.4 Å². The first-order chi connectivity index (χ1) is 7.83. The van der Waals surface area contributed by atoms with Gasteiger partial charge in [0.1, 0.15) is 0 Å². The monoisotopic (exact) mass is 233 g/mol. The van der Waals surface area contributed by atoms with Crippen molar-refractivity contribution in [2.45, 2.75) is 6.61 Å². The molecule has 0 fully saturated rings. The topological polar surface area (TPSA) is 21.3 Å². The van der Waals surface area contributed by atoms with Crippen LogP contribution in [-0.2, 0) is 11.3 Å². The van der Waals surface area contributed by atoms with Crippen molar-refractivity contribution in [1.29, 1.82) is 0 Å². The van der Waals surface area contributed by atoms with Crippen LogP contribution in [0.5, 0.6) is 0 Å². The van der Waals surface area contributed by atoms with Gasteiger partial charge in [-0.3, -0.25) is 0 Å². The van der Waals surface area contributed by atoms with E-state index in [-0.39, 0.29) is 0 Å². The smallest absolute Gasteiger partial charge is 0.0805 e. The van der Waals surface area contributed by atoms with Crippen molar-refractivity contribution >= 4 is 17.0 Å². The molecular weight excluding hydrogens is 218 g/mol. The summed E-state index contributed by atoms with van der Waals surface area (Å²) < 4.78 is 5.11. The minimum absolute atomic E-state index is 0.694. The number of nitrogens with one attached hydrogen (secondary N) is 1. The van der Waals surface area contributed by atoms with E-state index in [9.17, 15) is 0 Å². The van der Waals surface area contributed by atoms with Gasteiger partial charge in [-0.05, 0) is 29.8 Å². The highest BCUT2D eigenvalue weighted by Gasteiger charge is 2.02. The number of thiophene rings is 1. The van der Waals surface area contributed by atoms with E-state index in [0.29, 0.717) is 6.61 Å². The minimum Gasteiger partial charge on any atom is -0.388 e. The molecule has 2 nitrogen and oxygen atoms in total. The lowest BCUT2D eigenvalue weighted by Gasteiger charge is -2.01. The van der Waals surface area contributed by atoms with Crippen LogP contribution in [0.15, 0.2) is 36.4 Å². The molecule has 0 radical (unpaired) electrons. The Morgan fingerprint density at radius 1 is 1.12 bits per heavy atom. The lowest BCUT2D eigenvalue weighted by Crippen LogP contribution is -1.86. The fourth-order valence-corrected chi connectivity index (χ4v) is 2.54. The number of methoxy groups -OCH3 is 1. The highest BCUT2D eigenvalue weighted by atomic mass is 32.1. The lowest BCUT2D eigenvalue weighted by molar-refractivity contribution is 0.187. The van der Waals surface area contributed by atoms with E-state index in [1.54, 1.807) is 18.4 Å². The molecule has 0 saturated heterocycles. The molecule has 1 N–H and O–H groups in total. The van der Waals surface area contributed by atoms with E-state index >= 15 is 0 Å². The molecule has 2 rings (SSSR count). The number of benzene rings is 1. The summed E-state index contributed by atoms with van der Waals surface area (Å²) >= 11 is 1.78. The molecule has 84 valence electrons. The molecule has 1 heterocycles. The SMILES string of the molecule is CNc1ccc(-c2ccc(COC)s2)cc1. The maximum absolute atomic E-state index is 5.11. The molecule has 0 aliphatic carbocycles. The highest BCUT2D eigenvalue weighted by Crippen LogP contribution is 2.29. The summed E-state index contributed by atoms with van der Waals surface area (Å²) in [6, 6.07) is 12.7. The first-order valence-electron chi connectivity index (χ1n) is 5.19. The van der Waals surface area contributed by atoms with Crippen molar-refractivity contribution in [2.24, 2.45) is 0 Å². The molecular formula is C13H15NOS. The zero-order chi connectivity index (χ0) is 11.4. The molecule has 2 aromatic rings. The minimum atomic E-state index is 0.694. The molecule has 0 bridgehead atoms. The third-order valence-electron chi connectivity index (χ3n) is 2.41. The van der Waals surface area contributed by atoms with Crippen LogP contribution in [0.3, 0.4) is 0 Å². The molecule has 16 heavy (non-hydrogen) atoms. The van der Waals surface area contributed by atoms with Crippen molar-refractivity contribution in [3.05, 3.63) is 41.3 Å². The van der Waals surface area contributed by atoms with Crippen LogP contribution in [0.4, 0.5) is 5.69 Å². The fraction of sp³-hybridized carbons (Fsp3) is 0.231. The molecule has 1 aromatic carbocycles. The second-order valence-corrected chi connectivity index (χ2v) is 4.69. The third kappa shape index (κ3) is 2.43. The molecule has 3 heteroatoms. The summed E-state index contributed by atoms with van der Waals surface area (Å²) in [5.41, 5.74) is 2.39. The van der Waals surface area contributed by atoms with E-state index in [1.165, 1.54) is 15.3 Å². The van der Waals surface area contributed by atoms with Crippen LogP contribution in [0, 0.1) is 0 Å². The standard InChI is InChI=1S/C13H15NOS/c1-14-11-5-3-10(4-6-11)13-8-7-12(16-13)9-15-2/h3-8,14H,9H2,1-2H3. The average Bonchev–Trinajstić information content (AvgIpc) is 2.78. The van der Waals surface area contributed by atoms with Gasteiger partial charge < -0.3 is 10.1 Å². The Morgan fingerprint density at radius 3 is 2.50 bits per heavy atom. The molecule has 0 atom stereocenters. The van der Waals surface area contributed by atoms with Crippen LogP contribution in [0.25, 0.3) is 10.4 Å². The molecule has 0 unspecified atom stereocenters. The zero-order valence-electron chi connectivity index (χ0n) is 9.49. The summed E-state index contributed by atoms with van der Waals surface area (Å²) in [5, 5.41) is 3.11. The van der Waals surface area contributed by atoms with E-state index in [2.05, 4.69) is 41.7 Å². The van der Waals surface area contributed by atoms with E-state index in [1.807, 2.05) is 7.05 Å². The number of hydrogen-bond acceptors (Lipinski definition) is 3. The van der Waals surface area contributed by atoms with Crippen molar-refractivity contribution in [1.82, 2.24) is 0 Å². The summed E-state index contributed by atoms with van der Waals surface area (Å²) in [7, 11) is 3.65. The van der Waals surface area contributed by atoms with Crippen molar-refractivity contribution in [3.63, 3.8) is 0 Å². The highest BCUT2D eigenvalue weighted by molar-refractivity contribution is 7.15. The first kappa shape index (κ1) is 11.2. The van der Waals surface area contributed by atoms with Gasteiger partial charge in [0.15, 0.2) is 0 Å². The number of anilines is 1. The van der Waals surface area contributed by atoms with E-state index < -0.39 is 0 Å². The molecule has 1 aromatic heterocycles. The maximum atomic E-state index is 5.11. The van der Waals surface area contributed by atoms with E-state index in [4.69, 9.17) is 4.74 Å². The van der Waals surface area contributed by atoms with Gasteiger partial charge in [-0.1, -0.05) is 12.1 Å². The third-order valence-corrected chi connectivity index (χ3v) is 3.51. The van der Waals surface area contributed by atoms with Crippen molar-refractivity contribution in [2.75, 3.05) is 19.5 Å². The van der Waals surface area contributed by atoms with Crippen LogP contribution in [0.1, 0.15) is 4.88 Å². The van der Waals surface area contributed by atoms with Crippen LogP contribution in [-0.4, -0.2) is 14.2 Å². The maximum Gasteiger partial charge on any atom is 0.0805 e. The van der Waals surface area contributed by atoms with Crippen LogP contribution >= 0.6 is 11.3 Å². The van der Waals surface area contributed by atoms with Crippen LogP contribution < -0.4 is 5.32 Å². The molecule has 0 aliphatic rings.